The van der Waals surface area contributed by atoms with E-state index >= 15 is 0 Å². The van der Waals surface area contributed by atoms with Gasteiger partial charge in [-0.1, -0.05) is 0 Å². The Labute approximate surface area is 100 Å². The van der Waals surface area contributed by atoms with Crippen molar-refractivity contribution in [2.75, 3.05) is 13.1 Å². The summed E-state index contributed by atoms with van der Waals surface area (Å²) >= 11 is 1.79. The summed E-state index contributed by atoms with van der Waals surface area (Å²) in [5.74, 6) is 0. The van der Waals surface area contributed by atoms with Gasteiger partial charge in [-0.2, -0.15) is 0 Å². The van der Waals surface area contributed by atoms with Crippen LogP contribution in [0.15, 0.2) is 6.07 Å². The fourth-order valence-corrected chi connectivity index (χ4v) is 2.98. The van der Waals surface area contributed by atoms with Crippen LogP contribution in [0.2, 0.25) is 0 Å². The summed E-state index contributed by atoms with van der Waals surface area (Å²) in [6.07, 6.45) is 1.14. The molecule has 1 atom stereocenters. The Hall–Kier alpha value is -1.03. The van der Waals surface area contributed by atoms with Crippen LogP contribution in [0.25, 0.3) is 0 Å². The van der Waals surface area contributed by atoms with Crippen LogP contribution in [0.4, 0.5) is 4.79 Å². The second-order valence-corrected chi connectivity index (χ2v) is 5.84. The van der Waals surface area contributed by atoms with Crippen molar-refractivity contribution in [3.63, 3.8) is 0 Å². The van der Waals surface area contributed by atoms with Gasteiger partial charge in [-0.25, -0.2) is 4.79 Å². The molecular formula is C12H18N2OS. The van der Waals surface area contributed by atoms with Crippen LogP contribution in [0.1, 0.15) is 34.7 Å². The minimum Gasteiger partial charge on any atom is -0.331 e. The first kappa shape index (κ1) is 11.5. The summed E-state index contributed by atoms with van der Waals surface area (Å²) in [6, 6.07) is 2.35. The third-order valence-corrected chi connectivity index (χ3v) is 4.01. The number of nitrogens with zero attached hydrogens (tertiary/aromatic N) is 1. The predicted octanol–water partition coefficient (Wildman–Crippen LogP) is 2.84. The summed E-state index contributed by atoms with van der Waals surface area (Å²) in [5.41, 5.74) is 1.25. The predicted molar refractivity (Wildman–Crippen MR) is 66.9 cm³/mol. The van der Waals surface area contributed by atoms with Gasteiger partial charge in [0.05, 0.1) is 6.04 Å². The van der Waals surface area contributed by atoms with Crippen LogP contribution in [0, 0.1) is 13.8 Å². The van der Waals surface area contributed by atoms with E-state index in [0.29, 0.717) is 0 Å². The van der Waals surface area contributed by atoms with Crippen molar-refractivity contribution in [1.29, 1.82) is 0 Å². The van der Waals surface area contributed by atoms with Crippen molar-refractivity contribution in [3.8, 4) is 0 Å². The van der Waals surface area contributed by atoms with Crippen LogP contribution >= 0.6 is 11.3 Å². The second kappa shape index (κ2) is 4.45. The zero-order valence-corrected chi connectivity index (χ0v) is 10.9. The lowest BCUT2D eigenvalue weighted by molar-refractivity contribution is 0.164. The van der Waals surface area contributed by atoms with Crippen LogP contribution in [-0.4, -0.2) is 24.0 Å². The summed E-state index contributed by atoms with van der Waals surface area (Å²) < 4.78 is 0. The maximum absolute atomic E-state index is 11.7. The highest BCUT2D eigenvalue weighted by Gasteiger charge is 2.22. The highest BCUT2D eigenvalue weighted by Crippen LogP contribution is 2.26. The number of hydrogen-bond acceptors (Lipinski definition) is 2. The van der Waals surface area contributed by atoms with Gasteiger partial charge in [0.15, 0.2) is 0 Å². The maximum Gasteiger partial charge on any atom is 0.317 e. The molecule has 1 fully saturated rings. The Bertz CT molecular complexity index is 396. The number of rotatable bonds is 2. The number of thiophene rings is 1. The summed E-state index contributed by atoms with van der Waals surface area (Å²) in [7, 11) is 0. The standard InChI is InChI=1S/C12H18N2OS/c1-8-7-11(10(3)16-8)9(2)13-12(15)14-5-4-6-14/h7,9H,4-6H2,1-3H3,(H,13,15)/t9-/m0/s1. The second-order valence-electron chi connectivity index (χ2n) is 4.38. The van der Waals surface area contributed by atoms with Crippen molar-refractivity contribution < 1.29 is 4.79 Å². The summed E-state index contributed by atoms with van der Waals surface area (Å²) in [6.45, 7) is 8.07. The summed E-state index contributed by atoms with van der Waals surface area (Å²) in [4.78, 5) is 16.2. The molecule has 4 heteroatoms. The minimum atomic E-state index is 0.0713. The van der Waals surface area contributed by atoms with Gasteiger partial charge in [-0.05, 0) is 38.8 Å². The molecule has 0 saturated carbocycles. The van der Waals surface area contributed by atoms with Gasteiger partial charge in [-0.15, -0.1) is 11.3 Å². The van der Waals surface area contributed by atoms with Gasteiger partial charge in [-0.3, -0.25) is 0 Å². The van der Waals surface area contributed by atoms with E-state index in [1.54, 1.807) is 11.3 Å². The van der Waals surface area contributed by atoms with Crippen molar-refractivity contribution in [2.24, 2.45) is 0 Å². The zero-order valence-electron chi connectivity index (χ0n) is 10.0. The van der Waals surface area contributed by atoms with E-state index in [1.165, 1.54) is 15.3 Å². The monoisotopic (exact) mass is 238 g/mol. The number of nitrogens with one attached hydrogen (secondary N) is 1. The molecule has 0 aromatic carbocycles. The zero-order chi connectivity index (χ0) is 11.7. The van der Waals surface area contributed by atoms with E-state index in [4.69, 9.17) is 0 Å². The van der Waals surface area contributed by atoms with Crippen LogP contribution < -0.4 is 5.32 Å². The van der Waals surface area contributed by atoms with Crippen molar-refractivity contribution in [2.45, 2.75) is 33.2 Å². The first-order valence-electron chi connectivity index (χ1n) is 5.70. The molecule has 1 aliphatic heterocycles. The molecule has 0 radical (unpaired) electrons. The maximum atomic E-state index is 11.7. The van der Waals surface area contributed by atoms with Crippen LogP contribution in [0.5, 0.6) is 0 Å². The van der Waals surface area contributed by atoms with Crippen molar-refractivity contribution >= 4 is 17.4 Å². The first-order valence-corrected chi connectivity index (χ1v) is 6.52. The summed E-state index contributed by atoms with van der Waals surface area (Å²) in [5, 5.41) is 3.05. The van der Waals surface area contributed by atoms with Crippen LogP contribution in [-0.2, 0) is 0 Å². The molecule has 1 aromatic rings. The van der Waals surface area contributed by atoms with Gasteiger partial charge >= 0.3 is 6.03 Å². The molecule has 0 aliphatic carbocycles. The molecule has 1 saturated heterocycles. The molecule has 2 amide bonds. The van der Waals surface area contributed by atoms with E-state index < -0.39 is 0 Å². The number of hydrogen-bond donors (Lipinski definition) is 1. The molecule has 0 spiro atoms. The lowest BCUT2D eigenvalue weighted by atomic mass is 10.1. The Balaban J connectivity index is 1.99. The third kappa shape index (κ3) is 2.21. The smallest absolute Gasteiger partial charge is 0.317 e. The lowest BCUT2D eigenvalue weighted by Gasteiger charge is -2.32. The number of carbonyl (C=O) groups excluding carboxylic acids is 1. The van der Waals surface area contributed by atoms with Crippen molar-refractivity contribution in [3.05, 3.63) is 21.4 Å². The van der Waals surface area contributed by atoms with Gasteiger partial charge in [0.1, 0.15) is 0 Å². The Morgan fingerprint density at radius 3 is 2.62 bits per heavy atom. The third-order valence-electron chi connectivity index (χ3n) is 3.03. The molecule has 0 unspecified atom stereocenters. The normalized spacial score (nSPS) is 16.8. The molecule has 16 heavy (non-hydrogen) atoms. The number of urea groups is 1. The van der Waals surface area contributed by atoms with E-state index in [0.717, 1.165) is 19.5 Å². The Morgan fingerprint density at radius 1 is 1.50 bits per heavy atom. The largest absolute Gasteiger partial charge is 0.331 e. The van der Waals surface area contributed by atoms with Gasteiger partial charge in [0.25, 0.3) is 0 Å². The minimum absolute atomic E-state index is 0.0713. The van der Waals surface area contributed by atoms with Gasteiger partial charge in [0.2, 0.25) is 0 Å². The van der Waals surface area contributed by atoms with E-state index in [-0.39, 0.29) is 12.1 Å². The highest BCUT2D eigenvalue weighted by atomic mass is 32.1. The average molecular weight is 238 g/mol. The fraction of sp³-hybridized carbons (Fsp3) is 0.583. The molecule has 1 aromatic heterocycles. The molecule has 1 aliphatic rings. The van der Waals surface area contributed by atoms with E-state index in [2.05, 4.69) is 25.2 Å². The Morgan fingerprint density at radius 2 is 2.19 bits per heavy atom. The molecule has 1 N–H and O–H groups in total. The molecule has 88 valence electrons. The number of aryl methyl sites for hydroxylation is 2. The van der Waals surface area contributed by atoms with Gasteiger partial charge < -0.3 is 10.2 Å². The molecule has 2 rings (SSSR count). The number of amides is 2. The van der Waals surface area contributed by atoms with Crippen LogP contribution in [0.3, 0.4) is 0 Å². The quantitative estimate of drug-likeness (QED) is 0.844. The van der Waals surface area contributed by atoms with E-state index in [9.17, 15) is 4.79 Å². The molecular weight excluding hydrogens is 220 g/mol. The molecule has 0 bridgehead atoms. The molecule has 3 nitrogen and oxygen atoms in total. The number of carbonyl (C=O) groups is 1. The van der Waals surface area contributed by atoms with Gasteiger partial charge in [0, 0.05) is 22.8 Å². The highest BCUT2D eigenvalue weighted by molar-refractivity contribution is 7.12. The van der Waals surface area contributed by atoms with E-state index in [1.807, 2.05) is 11.8 Å². The Kier molecular flexibility index (Phi) is 3.19. The number of likely N-dealkylation sites (tertiary alicyclic amines) is 1. The SMILES string of the molecule is Cc1cc([C@H](C)NC(=O)N2CCC2)c(C)s1. The fourth-order valence-electron chi connectivity index (χ4n) is 1.95. The lowest BCUT2D eigenvalue weighted by Crippen LogP contribution is -2.48. The topological polar surface area (TPSA) is 32.3 Å². The van der Waals surface area contributed by atoms with Crippen molar-refractivity contribution in [1.82, 2.24) is 10.2 Å². The average Bonchev–Trinajstić information content (AvgIpc) is 2.41. The first-order chi connectivity index (χ1) is 7.58. The molecule has 2 heterocycles.